The Hall–Kier alpha value is -4.10. The van der Waals surface area contributed by atoms with Crippen LogP contribution in [0.2, 0.25) is 0 Å². The van der Waals surface area contributed by atoms with Crippen LogP contribution in [-0.4, -0.2) is 25.7 Å². The zero-order chi connectivity index (χ0) is 22.8. The van der Waals surface area contributed by atoms with E-state index in [4.69, 9.17) is 5.10 Å². The molecule has 0 spiro atoms. The minimum absolute atomic E-state index is 0.259. The number of hydrogen-bond acceptors (Lipinski definition) is 5. The number of rotatable bonds is 5. The predicted molar refractivity (Wildman–Crippen MR) is 132 cm³/mol. The van der Waals surface area contributed by atoms with E-state index in [0.717, 1.165) is 33.9 Å². The number of para-hydroxylation sites is 1. The standard InChI is InChI=1S/C26H21N5OS/c1-17-13-18(2)27-22(14-17)23-16-33-26(28-23)29-25(32)21-15-31(20-11-7-4-8-12-20)30-24(21)19-9-5-3-6-10-19/h3-16H,1-2H3,(H,28,29,32). The van der Waals surface area contributed by atoms with Crippen LogP contribution in [0.5, 0.6) is 0 Å². The molecule has 0 saturated heterocycles. The molecule has 0 unspecified atom stereocenters. The fourth-order valence-corrected chi connectivity index (χ4v) is 4.35. The van der Waals surface area contributed by atoms with Gasteiger partial charge in [0.15, 0.2) is 5.13 Å². The monoisotopic (exact) mass is 451 g/mol. The second kappa shape index (κ2) is 8.80. The van der Waals surface area contributed by atoms with Crippen molar-refractivity contribution in [1.82, 2.24) is 19.7 Å². The molecule has 0 radical (unpaired) electrons. The van der Waals surface area contributed by atoms with Gasteiger partial charge in [-0.2, -0.15) is 5.10 Å². The van der Waals surface area contributed by atoms with Crippen molar-refractivity contribution in [1.29, 1.82) is 0 Å². The summed E-state index contributed by atoms with van der Waals surface area (Å²) in [5, 5.41) is 10.1. The molecule has 5 rings (SSSR count). The number of hydrogen-bond donors (Lipinski definition) is 1. The molecule has 0 aliphatic rings. The Morgan fingerprint density at radius 1 is 0.909 bits per heavy atom. The third-order valence-corrected chi connectivity index (χ3v) is 5.87. The van der Waals surface area contributed by atoms with Crippen LogP contribution in [0.3, 0.4) is 0 Å². The number of thiazole rings is 1. The van der Waals surface area contributed by atoms with Gasteiger partial charge in [-0.3, -0.25) is 15.1 Å². The number of benzene rings is 2. The van der Waals surface area contributed by atoms with Gasteiger partial charge in [0.05, 0.1) is 16.9 Å². The number of carbonyl (C=O) groups excluding carboxylic acids is 1. The number of aryl methyl sites for hydroxylation is 2. The summed E-state index contributed by atoms with van der Waals surface area (Å²) in [6.45, 7) is 3.99. The summed E-state index contributed by atoms with van der Waals surface area (Å²) in [5.41, 5.74) is 6.44. The largest absolute Gasteiger partial charge is 0.298 e. The number of pyridine rings is 1. The highest BCUT2D eigenvalue weighted by atomic mass is 32.1. The van der Waals surface area contributed by atoms with Crippen molar-refractivity contribution in [3.63, 3.8) is 0 Å². The van der Waals surface area contributed by atoms with E-state index in [2.05, 4.69) is 15.3 Å². The molecule has 33 heavy (non-hydrogen) atoms. The Morgan fingerprint density at radius 2 is 1.64 bits per heavy atom. The van der Waals surface area contributed by atoms with Crippen molar-refractivity contribution in [2.24, 2.45) is 0 Å². The molecule has 0 saturated carbocycles. The lowest BCUT2D eigenvalue weighted by Crippen LogP contribution is -2.12. The molecule has 7 heteroatoms. The molecule has 6 nitrogen and oxygen atoms in total. The number of nitrogens with one attached hydrogen (secondary N) is 1. The fraction of sp³-hybridized carbons (Fsp3) is 0.0769. The van der Waals surface area contributed by atoms with Gasteiger partial charge in [0, 0.05) is 22.8 Å². The first kappa shape index (κ1) is 20.8. The van der Waals surface area contributed by atoms with E-state index in [1.807, 2.05) is 92.0 Å². The van der Waals surface area contributed by atoms with E-state index in [1.54, 1.807) is 10.9 Å². The van der Waals surface area contributed by atoms with Crippen LogP contribution >= 0.6 is 11.3 Å². The minimum atomic E-state index is -0.259. The molecule has 0 atom stereocenters. The third kappa shape index (κ3) is 4.44. The Morgan fingerprint density at radius 3 is 2.36 bits per heavy atom. The van der Waals surface area contributed by atoms with E-state index < -0.39 is 0 Å². The van der Waals surface area contributed by atoms with E-state index >= 15 is 0 Å². The molecule has 3 heterocycles. The van der Waals surface area contributed by atoms with E-state index in [0.29, 0.717) is 16.4 Å². The summed E-state index contributed by atoms with van der Waals surface area (Å²) in [6.07, 6.45) is 1.76. The normalized spacial score (nSPS) is 10.8. The highest BCUT2D eigenvalue weighted by Crippen LogP contribution is 2.27. The lowest BCUT2D eigenvalue weighted by atomic mass is 10.1. The van der Waals surface area contributed by atoms with Crippen molar-refractivity contribution in [3.05, 3.63) is 101 Å². The maximum absolute atomic E-state index is 13.3. The Kier molecular flexibility index (Phi) is 5.54. The van der Waals surface area contributed by atoms with Crippen molar-refractivity contribution >= 4 is 22.4 Å². The number of carbonyl (C=O) groups is 1. The molecule has 5 aromatic rings. The van der Waals surface area contributed by atoms with Gasteiger partial charge >= 0.3 is 0 Å². The van der Waals surface area contributed by atoms with Crippen molar-refractivity contribution in [2.45, 2.75) is 13.8 Å². The van der Waals surface area contributed by atoms with Gasteiger partial charge in [-0.05, 0) is 43.7 Å². The first-order valence-corrected chi connectivity index (χ1v) is 11.4. The molecular weight excluding hydrogens is 430 g/mol. The number of anilines is 1. The van der Waals surface area contributed by atoms with Gasteiger partial charge in [0.25, 0.3) is 5.91 Å². The van der Waals surface area contributed by atoms with Crippen LogP contribution in [0.1, 0.15) is 21.6 Å². The summed E-state index contributed by atoms with van der Waals surface area (Å²) in [5.74, 6) is -0.259. The van der Waals surface area contributed by atoms with Crippen LogP contribution in [0, 0.1) is 13.8 Å². The quantitative estimate of drug-likeness (QED) is 0.360. The molecule has 3 aromatic heterocycles. The third-order valence-electron chi connectivity index (χ3n) is 5.11. The maximum Gasteiger partial charge on any atom is 0.261 e. The second-order valence-electron chi connectivity index (χ2n) is 7.70. The van der Waals surface area contributed by atoms with Gasteiger partial charge in [0.1, 0.15) is 11.4 Å². The SMILES string of the molecule is Cc1cc(C)nc(-c2csc(NC(=O)c3cn(-c4ccccc4)nc3-c3ccccc3)n2)c1. The number of nitrogens with zero attached hydrogens (tertiary/aromatic N) is 4. The van der Waals surface area contributed by atoms with Gasteiger partial charge in [0.2, 0.25) is 0 Å². The molecule has 0 aliphatic heterocycles. The highest BCUT2D eigenvalue weighted by Gasteiger charge is 2.20. The molecule has 2 aromatic carbocycles. The van der Waals surface area contributed by atoms with Crippen molar-refractivity contribution < 1.29 is 4.79 Å². The average Bonchev–Trinajstić information content (AvgIpc) is 3.47. The molecular formula is C26H21N5OS. The zero-order valence-electron chi connectivity index (χ0n) is 18.2. The van der Waals surface area contributed by atoms with Gasteiger partial charge < -0.3 is 0 Å². The van der Waals surface area contributed by atoms with Gasteiger partial charge in [-0.25, -0.2) is 9.67 Å². The topological polar surface area (TPSA) is 72.7 Å². The number of amides is 1. The fourth-order valence-electron chi connectivity index (χ4n) is 3.65. The van der Waals surface area contributed by atoms with Gasteiger partial charge in [-0.1, -0.05) is 48.5 Å². The molecule has 1 N–H and O–H groups in total. The van der Waals surface area contributed by atoms with Crippen LogP contribution < -0.4 is 5.32 Å². The molecule has 0 bridgehead atoms. The lowest BCUT2D eigenvalue weighted by Gasteiger charge is -2.03. The average molecular weight is 452 g/mol. The maximum atomic E-state index is 13.3. The molecule has 0 aliphatic carbocycles. The summed E-state index contributed by atoms with van der Waals surface area (Å²) in [4.78, 5) is 22.4. The summed E-state index contributed by atoms with van der Waals surface area (Å²) >= 11 is 1.37. The van der Waals surface area contributed by atoms with E-state index in [9.17, 15) is 4.79 Å². The minimum Gasteiger partial charge on any atom is -0.298 e. The van der Waals surface area contributed by atoms with Crippen LogP contribution in [0.25, 0.3) is 28.3 Å². The molecule has 162 valence electrons. The Bertz CT molecular complexity index is 1400. The first-order chi connectivity index (χ1) is 16.1. The molecule has 0 fully saturated rings. The summed E-state index contributed by atoms with van der Waals surface area (Å²) < 4.78 is 1.73. The Balaban J connectivity index is 1.47. The second-order valence-corrected chi connectivity index (χ2v) is 8.56. The van der Waals surface area contributed by atoms with Gasteiger partial charge in [-0.15, -0.1) is 11.3 Å². The summed E-state index contributed by atoms with van der Waals surface area (Å²) in [7, 11) is 0. The van der Waals surface area contributed by atoms with Crippen molar-refractivity contribution in [3.8, 4) is 28.3 Å². The predicted octanol–water partition coefficient (Wildman–Crippen LogP) is 5.93. The lowest BCUT2D eigenvalue weighted by molar-refractivity contribution is 0.102. The van der Waals surface area contributed by atoms with Crippen molar-refractivity contribution in [2.75, 3.05) is 5.32 Å². The van der Waals surface area contributed by atoms with E-state index in [1.165, 1.54) is 11.3 Å². The van der Waals surface area contributed by atoms with Crippen LogP contribution in [0.4, 0.5) is 5.13 Å². The zero-order valence-corrected chi connectivity index (χ0v) is 19.0. The smallest absolute Gasteiger partial charge is 0.261 e. The van der Waals surface area contributed by atoms with Crippen LogP contribution in [-0.2, 0) is 0 Å². The van der Waals surface area contributed by atoms with Crippen LogP contribution in [0.15, 0.2) is 84.4 Å². The Labute approximate surface area is 195 Å². The first-order valence-electron chi connectivity index (χ1n) is 10.5. The highest BCUT2D eigenvalue weighted by molar-refractivity contribution is 7.14. The summed E-state index contributed by atoms with van der Waals surface area (Å²) in [6, 6.07) is 23.4. The van der Waals surface area contributed by atoms with E-state index in [-0.39, 0.29) is 5.91 Å². The number of aromatic nitrogens is 4. The molecule has 1 amide bonds.